The average Bonchev–Trinajstić information content (AvgIpc) is 2.29. The van der Waals surface area contributed by atoms with E-state index in [1.807, 2.05) is 45.9 Å². The quantitative estimate of drug-likeness (QED) is 0.873. The van der Waals surface area contributed by atoms with Crippen molar-refractivity contribution >= 4 is 9.84 Å². The van der Waals surface area contributed by atoms with Crippen LogP contribution in [0.2, 0.25) is 0 Å². The average molecular weight is 283 g/mol. The summed E-state index contributed by atoms with van der Waals surface area (Å²) in [4.78, 5) is 0. The molecule has 0 aliphatic carbocycles. The van der Waals surface area contributed by atoms with Crippen LogP contribution in [-0.4, -0.2) is 19.9 Å². The van der Waals surface area contributed by atoms with Crippen LogP contribution in [0.3, 0.4) is 0 Å². The molecule has 1 atom stereocenters. The van der Waals surface area contributed by atoms with Gasteiger partial charge in [-0.2, -0.15) is 0 Å². The normalized spacial score (nSPS) is 13.8. The zero-order chi connectivity index (χ0) is 14.6. The van der Waals surface area contributed by atoms with E-state index in [9.17, 15) is 8.42 Å². The van der Waals surface area contributed by atoms with Crippen LogP contribution < -0.4 is 5.73 Å². The predicted molar refractivity (Wildman–Crippen MR) is 81.0 cm³/mol. The molecule has 0 heterocycles. The molecule has 1 rings (SSSR count). The third kappa shape index (κ3) is 5.33. The Morgan fingerprint density at radius 2 is 1.84 bits per heavy atom. The van der Waals surface area contributed by atoms with Gasteiger partial charge in [0.05, 0.1) is 11.5 Å². The van der Waals surface area contributed by atoms with Crippen molar-refractivity contribution in [3.8, 4) is 0 Å². The maximum atomic E-state index is 12.0. The van der Waals surface area contributed by atoms with Crippen LogP contribution in [0.4, 0.5) is 0 Å². The standard InChI is InChI=1S/C15H25NO2S/c1-11(2)7-8-19(17,18)10-15(16)14-9-12(3)5-6-13(14)4/h5-6,9,11,15H,7-8,10,16H2,1-4H3. The van der Waals surface area contributed by atoms with Crippen LogP contribution in [-0.2, 0) is 9.84 Å². The van der Waals surface area contributed by atoms with E-state index in [1.54, 1.807) is 0 Å². The van der Waals surface area contributed by atoms with Crippen molar-refractivity contribution in [1.82, 2.24) is 0 Å². The molecule has 1 aromatic carbocycles. The number of aryl methyl sites for hydroxylation is 2. The lowest BCUT2D eigenvalue weighted by Crippen LogP contribution is -2.24. The summed E-state index contributed by atoms with van der Waals surface area (Å²) in [5.41, 5.74) is 9.18. The van der Waals surface area contributed by atoms with Crippen molar-refractivity contribution in [2.45, 2.75) is 40.2 Å². The molecule has 0 saturated carbocycles. The van der Waals surface area contributed by atoms with Crippen molar-refractivity contribution in [1.29, 1.82) is 0 Å². The third-order valence-electron chi connectivity index (χ3n) is 3.27. The van der Waals surface area contributed by atoms with Crippen molar-refractivity contribution in [2.75, 3.05) is 11.5 Å². The molecule has 0 aliphatic rings. The van der Waals surface area contributed by atoms with Gasteiger partial charge in [0.15, 0.2) is 9.84 Å². The molecule has 3 nitrogen and oxygen atoms in total. The van der Waals surface area contributed by atoms with E-state index < -0.39 is 15.9 Å². The molecule has 0 fully saturated rings. The summed E-state index contributed by atoms with van der Waals surface area (Å²) >= 11 is 0. The van der Waals surface area contributed by atoms with Gasteiger partial charge in [-0.1, -0.05) is 37.6 Å². The van der Waals surface area contributed by atoms with Crippen molar-refractivity contribution in [3.63, 3.8) is 0 Å². The number of hydrogen-bond acceptors (Lipinski definition) is 3. The Morgan fingerprint density at radius 1 is 1.21 bits per heavy atom. The van der Waals surface area contributed by atoms with Gasteiger partial charge in [-0.05, 0) is 37.3 Å². The first kappa shape index (κ1) is 16.2. The monoisotopic (exact) mass is 283 g/mol. The Labute approximate surface area is 117 Å². The first-order valence-corrected chi connectivity index (χ1v) is 8.56. The van der Waals surface area contributed by atoms with Gasteiger partial charge in [0.1, 0.15) is 0 Å². The van der Waals surface area contributed by atoms with Gasteiger partial charge in [0.2, 0.25) is 0 Å². The molecule has 0 spiro atoms. The lowest BCUT2D eigenvalue weighted by atomic mass is 10.0. The number of sulfone groups is 1. The van der Waals surface area contributed by atoms with Gasteiger partial charge in [0.25, 0.3) is 0 Å². The van der Waals surface area contributed by atoms with Gasteiger partial charge < -0.3 is 5.73 Å². The molecule has 0 aromatic heterocycles. The molecule has 1 aromatic rings. The topological polar surface area (TPSA) is 60.2 Å². The maximum absolute atomic E-state index is 12.0. The van der Waals surface area contributed by atoms with Gasteiger partial charge in [0, 0.05) is 6.04 Å². The zero-order valence-corrected chi connectivity index (χ0v) is 13.1. The highest BCUT2D eigenvalue weighted by atomic mass is 32.2. The Bertz CT molecular complexity index is 521. The summed E-state index contributed by atoms with van der Waals surface area (Å²) < 4.78 is 24.1. The number of hydrogen-bond donors (Lipinski definition) is 1. The molecule has 19 heavy (non-hydrogen) atoms. The maximum Gasteiger partial charge on any atom is 0.152 e. The molecule has 4 heteroatoms. The van der Waals surface area contributed by atoms with E-state index >= 15 is 0 Å². The fourth-order valence-electron chi connectivity index (χ4n) is 2.02. The Kier molecular flexibility index (Phi) is 5.56. The van der Waals surface area contributed by atoms with Gasteiger partial charge >= 0.3 is 0 Å². The highest BCUT2D eigenvalue weighted by molar-refractivity contribution is 7.91. The van der Waals surface area contributed by atoms with Gasteiger partial charge in [-0.15, -0.1) is 0 Å². The molecular formula is C15H25NO2S. The van der Waals surface area contributed by atoms with Crippen molar-refractivity contribution < 1.29 is 8.42 Å². The van der Waals surface area contributed by atoms with Crippen LogP contribution in [0.25, 0.3) is 0 Å². The lowest BCUT2D eigenvalue weighted by Gasteiger charge is -2.16. The van der Waals surface area contributed by atoms with Crippen LogP contribution in [0, 0.1) is 19.8 Å². The summed E-state index contributed by atoms with van der Waals surface area (Å²) in [5, 5.41) is 0. The highest BCUT2D eigenvalue weighted by Gasteiger charge is 2.19. The molecular weight excluding hydrogens is 258 g/mol. The van der Waals surface area contributed by atoms with E-state index in [1.165, 1.54) is 0 Å². The summed E-state index contributed by atoms with van der Waals surface area (Å²) in [6.45, 7) is 8.01. The van der Waals surface area contributed by atoms with Crippen molar-refractivity contribution in [2.24, 2.45) is 11.7 Å². The summed E-state index contributed by atoms with van der Waals surface area (Å²) in [5.74, 6) is 0.652. The molecule has 108 valence electrons. The van der Waals surface area contributed by atoms with E-state index in [4.69, 9.17) is 5.73 Å². The predicted octanol–water partition coefficient (Wildman–Crippen LogP) is 2.76. The van der Waals surface area contributed by atoms with E-state index in [-0.39, 0.29) is 11.5 Å². The molecule has 0 aliphatic heterocycles. The summed E-state index contributed by atoms with van der Waals surface area (Å²) in [7, 11) is -3.08. The second-order valence-corrected chi connectivity index (χ2v) is 7.99. The lowest BCUT2D eigenvalue weighted by molar-refractivity contribution is 0.568. The van der Waals surface area contributed by atoms with Gasteiger partial charge in [-0.25, -0.2) is 8.42 Å². The molecule has 1 unspecified atom stereocenters. The second kappa shape index (κ2) is 6.53. The highest BCUT2D eigenvalue weighted by Crippen LogP contribution is 2.19. The van der Waals surface area contributed by atoms with E-state index in [2.05, 4.69) is 0 Å². The smallest absolute Gasteiger partial charge is 0.152 e. The van der Waals surface area contributed by atoms with Gasteiger partial charge in [-0.3, -0.25) is 0 Å². The Balaban J connectivity index is 2.78. The largest absolute Gasteiger partial charge is 0.323 e. The molecule has 0 saturated heterocycles. The molecule has 0 amide bonds. The molecule has 2 N–H and O–H groups in total. The Morgan fingerprint density at radius 3 is 2.42 bits per heavy atom. The Hall–Kier alpha value is -0.870. The minimum absolute atomic E-state index is 0.0318. The minimum atomic E-state index is -3.08. The molecule has 0 bridgehead atoms. The fraction of sp³-hybridized carbons (Fsp3) is 0.600. The second-order valence-electron chi connectivity index (χ2n) is 5.76. The number of rotatable bonds is 6. The minimum Gasteiger partial charge on any atom is -0.323 e. The first-order valence-electron chi connectivity index (χ1n) is 6.74. The zero-order valence-electron chi connectivity index (χ0n) is 12.3. The number of benzene rings is 1. The number of nitrogens with two attached hydrogens (primary N) is 1. The summed E-state index contributed by atoms with van der Waals surface area (Å²) in [6, 6.07) is 5.55. The van der Waals surface area contributed by atoms with Crippen molar-refractivity contribution in [3.05, 3.63) is 34.9 Å². The summed E-state index contributed by atoms with van der Waals surface area (Å²) in [6.07, 6.45) is 0.696. The third-order valence-corrected chi connectivity index (χ3v) is 5.00. The van der Waals surface area contributed by atoms with E-state index in [0.717, 1.165) is 16.7 Å². The first-order chi connectivity index (χ1) is 8.71. The van der Waals surface area contributed by atoms with Crippen LogP contribution in [0.1, 0.15) is 43.0 Å². The SMILES string of the molecule is Cc1ccc(C)c(C(N)CS(=O)(=O)CCC(C)C)c1. The van der Waals surface area contributed by atoms with Crippen LogP contribution in [0.5, 0.6) is 0 Å². The van der Waals surface area contributed by atoms with Crippen LogP contribution in [0.15, 0.2) is 18.2 Å². The van der Waals surface area contributed by atoms with E-state index in [0.29, 0.717) is 12.3 Å². The molecule has 0 radical (unpaired) electrons. The van der Waals surface area contributed by atoms with Crippen LogP contribution >= 0.6 is 0 Å². The fourth-order valence-corrected chi connectivity index (χ4v) is 3.75.